The maximum Gasteiger partial charge on any atom is 0.114 e. The van der Waals surface area contributed by atoms with Crippen molar-refractivity contribution in [3.63, 3.8) is 0 Å². The predicted molar refractivity (Wildman–Crippen MR) is 94.2 cm³/mol. The summed E-state index contributed by atoms with van der Waals surface area (Å²) in [5.41, 5.74) is 5.28. The summed E-state index contributed by atoms with van der Waals surface area (Å²) in [5.74, 6) is 0.136. The van der Waals surface area contributed by atoms with Crippen molar-refractivity contribution in [1.82, 2.24) is 15.2 Å². The molecule has 1 aromatic heterocycles. The van der Waals surface area contributed by atoms with E-state index in [1.807, 2.05) is 0 Å². The van der Waals surface area contributed by atoms with Gasteiger partial charge in [-0.25, -0.2) is 0 Å². The number of fused-ring (bicyclic) bond motifs is 2. The molecule has 1 aliphatic heterocycles. The Bertz CT molecular complexity index is 744. The smallest absolute Gasteiger partial charge is 0.114 e. The van der Waals surface area contributed by atoms with Crippen molar-refractivity contribution in [2.75, 3.05) is 19.6 Å². The van der Waals surface area contributed by atoms with Crippen molar-refractivity contribution in [1.29, 1.82) is 0 Å². The van der Waals surface area contributed by atoms with E-state index in [1.54, 1.807) is 0 Å². The van der Waals surface area contributed by atoms with Gasteiger partial charge in [-0.2, -0.15) is 0 Å². The van der Waals surface area contributed by atoms with Gasteiger partial charge in [0.1, 0.15) is 6.23 Å². The number of aliphatic hydroxyl groups is 1. The maximum absolute atomic E-state index is 10.7. The average molecular weight is 311 g/mol. The standard InChI is InChI=1S/C19H25N3O/c1-3-22(4-2)19(23)13-8-15-14-6-5-7-16-18(14)12(10-20-16)9-17(15)21-11-13/h5-8,10,13,17,19-21,23H,3-4,9,11H2,1-2H3/t13?,17-,19?/m1/s1. The summed E-state index contributed by atoms with van der Waals surface area (Å²) in [7, 11) is 0. The van der Waals surface area contributed by atoms with Crippen LogP contribution in [0.2, 0.25) is 0 Å². The number of aliphatic hydroxyl groups excluding tert-OH is 1. The minimum Gasteiger partial charge on any atom is -0.378 e. The zero-order valence-corrected chi connectivity index (χ0v) is 13.8. The molecule has 0 saturated carbocycles. The fourth-order valence-corrected chi connectivity index (χ4v) is 4.19. The van der Waals surface area contributed by atoms with E-state index in [1.165, 1.54) is 27.6 Å². The van der Waals surface area contributed by atoms with Crippen LogP contribution in [-0.4, -0.2) is 46.9 Å². The molecule has 0 fully saturated rings. The van der Waals surface area contributed by atoms with Crippen molar-refractivity contribution >= 4 is 16.5 Å². The monoisotopic (exact) mass is 311 g/mol. The molecule has 4 heteroatoms. The molecule has 0 radical (unpaired) electrons. The largest absolute Gasteiger partial charge is 0.378 e. The lowest BCUT2D eigenvalue weighted by Crippen LogP contribution is -2.49. The average Bonchev–Trinajstić information content (AvgIpc) is 3.00. The van der Waals surface area contributed by atoms with Gasteiger partial charge in [-0.15, -0.1) is 0 Å². The molecular weight excluding hydrogens is 286 g/mol. The lowest BCUT2D eigenvalue weighted by Gasteiger charge is -2.38. The Morgan fingerprint density at radius 1 is 1.30 bits per heavy atom. The first-order chi connectivity index (χ1) is 11.2. The van der Waals surface area contributed by atoms with Gasteiger partial charge in [0.25, 0.3) is 0 Å². The van der Waals surface area contributed by atoms with E-state index in [-0.39, 0.29) is 5.92 Å². The zero-order chi connectivity index (χ0) is 16.0. The Morgan fingerprint density at radius 2 is 2.13 bits per heavy atom. The second-order valence-electron chi connectivity index (χ2n) is 6.63. The molecule has 0 saturated heterocycles. The minimum absolute atomic E-state index is 0.136. The highest BCUT2D eigenvalue weighted by molar-refractivity contribution is 5.98. The second-order valence-corrected chi connectivity index (χ2v) is 6.63. The number of aromatic amines is 1. The highest BCUT2D eigenvalue weighted by Crippen LogP contribution is 2.38. The fraction of sp³-hybridized carbons (Fsp3) is 0.474. The molecule has 122 valence electrons. The lowest BCUT2D eigenvalue weighted by molar-refractivity contribution is -0.0212. The highest BCUT2D eigenvalue weighted by atomic mass is 16.3. The molecule has 0 spiro atoms. The summed E-state index contributed by atoms with van der Waals surface area (Å²) in [6.45, 7) is 6.79. The summed E-state index contributed by atoms with van der Waals surface area (Å²) in [4.78, 5) is 5.51. The number of hydrogen-bond acceptors (Lipinski definition) is 3. The van der Waals surface area contributed by atoms with Crippen LogP contribution in [0.4, 0.5) is 0 Å². The summed E-state index contributed by atoms with van der Waals surface area (Å²) >= 11 is 0. The summed E-state index contributed by atoms with van der Waals surface area (Å²) in [5, 5.41) is 15.7. The Labute approximate surface area is 137 Å². The fourth-order valence-electron chi connectivity index (χ4n) is 4.19. The Morgan fingerprint density at radius 3 is 2.91 bits per heavy atom. The molecule has 4 rings (SSSR count). The van der Waals surface area contributed by atoms with Crippen LogP contribution < -0.4 is 5.32 Å². The first-order valence-corrected chi connectivity index (χ1v) is 8.69. The second kappa shape index (κ2) is 5.78. The third-order valence-corrected chi connectivity index (χ3v) is 5.46. The van der Waals surface area contributed by atoms with Crippen molar-refractivity contribution in [3.05, 3.63) is 41.6 Å². The van der Waals surface area contributed by atoms with Crippen LogP contribution >= 0.6 is 0 Å². The molecule has 2 aliphatic rings. The van der Waals surface area contributed by atoms with Gasteiger partial charge in [0.2, 0.25) is 0 Å². The quantitative estimate of drug-likeness (QED) is 0.760. The molecule has 23 heavy (non-hydrogen) atoms. The Balaban J connectivity index is 1.75. The first-order valence-electron chi connectivity index (χ1n) is 8.69. The van der Waals surface area contributed by atoms with Crippen molar-refractivity contribution in [2.24, 2.45) is 5.92 Å². The summed E-state index contributed by atoms with van der Waals surface area (Å²) in [6.07, 6.45) is 5.06. The summed E-state index contributed by atoms with van der Waals surface area (Å²) in [6, 6.07) is 6.84. The molecule has 2 aromatic rings. The molecular formula is C19H25N3O. The highest BCUT2D eigenvalue weighted by Gasteiger charge is 2.33. The number of nitrogens with zero attached hydrogens (tertiary/aromatic N) is 1. The van der Waals surface area contributed by atoms with E-state index >= 15 is 0 Å². The molecule has 2 unspecified atom stereocenters. The van der Waals surface area contributed by atoms with E-state index in [9.17, 15) is 5.11 Å². The van der Waals surface area contributed by atoms with E-state index in [4.69, 9.17) is 0 Å². The van der Waals surface area contributed by atoms with Crippen LogP contribution in [0.5, 0.6) is 0 Å². The Hall–Kier alpha value is -1.62. The van der Waals surface area contributed by atoms with Crippen LogP contribution in [0.3, 0.4) is 0 Å². The number of rotatable bonds is 4. The molecule has 3 N–H and O–H groups in total. The molecule has 2 heterocycles. The van der Waals surface area contributed by atoms with Gasteiger partial charge in [0, 0.05) is 35.6 Å². The zero-order valence-electron chi connectivity index (χ0n) is 13.8. The van der Waals surface area contributed by atoms with E-state index < -0.39 is 6.23 Å². The van der Waals surface area contributed by atoms with Crippen LogP contribution in [0.15, 0.2) is 30.5 Å². The molecule has 0 amide bonds. The van der Waals surface area contributed by atoms with E-state index in [0.717, 1.165) is 26.1 Å². The lowest BCUT2D eigenvalue weighted by atomic mass is 9.80. The third-order valence-electron chi connectivity index (χ3n) is 5.46. The predicted octanol–water partition coefficient (Wildman–Crippen LogP) is 2.36. The van der Waals surface area contributed by atoms with Crippen molar-refractivity contribution in [2.45, 2.75) is 32.5 Å². The summed E-state index contributed by atoms with van der Waals surface area (Å²) < 4.78 is 0. The minimum atomic E-state index is -0.419. The first kappa shape index (κ1) is 14.9. The van der Waals surface area contributed by atoms with Gasteiger partial charge < -0.3 is 15.4 Å². The van der Waals surface area contributed by atoms with Crippen molar-refractivity contribution in [3.8, 4) is 0 Å². The molecule has 1 aliphatic carbocycles. The van der Waals surface area contributed by atoms with Crippen molar-refractivity contribution < 1.29 is 5.11 Å². The maximum atomic E-state index is 10.7. The number of nitrogens with one attached hydrogen (secondary N) is 2. The normalized spacial score (nSPS) is 24.6. The van der Waals surface area contributed by atoms with E-state index in [0.29, 0.717) is 6.04 Å². The third kappa shape index (κ3) is 2.33. The Kier molecular flexibility index (Phi) is 3.76. The number of H-pyrrole nitrogens is 1. The van der Waals surface area contributed by atoms with E-state index in [2.05, 4.69) is 59.5 Å². The van der Waals surface area contributed by atoms with Gasteiger partial charge in [-0.3, -0.25) is 4.90 Å². The number of aromatic nitrogens is 1. The molecule has 4 nitrogen and oxygen atoms in total. The number of benzene rings is 1. The van der Waals surface area contributed by atoms with Gasteiger partial charge in [-0.1, -0.05) is 32.1 Å². The van der Waals surface area contributed by atoms with Crippen LogP contribution in [0, 0.1) is 5.92 Å². The van der Waals surface area contributed by atoms with Gasteiger partial charge in [0.15, 0.2) is 0 Å². The van der Waals surface area contributed by atoms with Gasteiger partial charge >= 0.3 is 0 Å². The van der Waals surface area contributed by atoms with Gasteiger partial charge in [-0.05, 0) is 42.3 Å². The van der Waals surface area contributed by atoms with Crippen LogP contribution in [-0.2, 0) is 6.42 Å². The SMILES string of the molecule is CCN(CC)C(O)C1C=C2c3cccc4[nH]cc(c34)C[C@H]2NC1. The molecule has 0 bridgehead atoms. The van der Waals surface area contributed by atoms with Crippen LogP contribution in [0.25, 0.3) is 16.5 Å². The number of hydrogen-bond donors (Lipinski definition) is 3. The molecule has 1 aromatic carbocycles. The van der Waals surface area contributed by atoms with Gasteiger partial charge in [0.05, 0.1) is 0 Å². The van der Waals surface area contributed by atoms with Crippen LogP contribution in [0.1, 0.15) is 25.0 Å². The topological polar surface area (TPSA) is 51.3 Å². The molecule has 3 atom stereocenters.